The first kappa shape index (κ1) is 25.5. The zero-order valence-electron chi connectivity index (χ0n) is 20.9. The first-order chi connectivity index (χ1) is 17.4. The van der Waals surface area contributed by atoms with Crippen LogP contribution in [0.2, 0.25) is 0 Å². The van der Waals surface area contributed by atoms with Crippen LogP contribution in [0.1, 0.15) is 20.3 Å². The minimum Gasteiger partial charge on any atom is -0.481 e. The molecule has 0 radical (unpaired) electrons. The van der Waals surface area contributed by atoms with Gasteiger partial charge in [0.25, 0.3) is 5.56 Å². The molecule has 1 aliphatic rings. The van der Waals surface area contributed by atoms with Gasteiger partial charge in [-0.15, -0.1) is 0 Å². The van der Waals surface area contributed by atoms with E-state index in [1.54, 1.807) is 30.3 Å². The van der Waals surface area contributed by atoms with Crippen LogP contribution in [0.15, 0.2) is 35.1 Å². The lowest BCUT2D eigenvalue weighted by molar-refractivity contribution is -0.122. The third-order valence-corrected chi connectivity index (χ3v) is 5.66. The Kier molecular flexibility index (Phi) is 8.44. The Balaban J connectivity index is 1.61. The van der Waals surface area contributed by atoms with Crippen molar-refractivity contribution in [1.29, 1.82) is 0 Å². The average Bonchev–Trinajstić information content (AvgIpc) is 2.88. The van der Waals surface area contributed by atoms with Gasteiger partial charge in [-0.25, -0.2) is 15.0 Å². The van der Waals surface area contributed by atoms with E-state index in [2.05, 4.69) is 25.2 Å². The van der Waals surface area contributed by atoms with Gasteiger partial charge in [0.15, 0.2) is 11.3 Å². The summed E-state index contributed by atoms with van der Waals surface area (Å²) in [5.41, 5.74) is 0.483. The highest BCUT2D eigenvalue weighted by Crippen LogP contribution is 2.20. The van der Waals surface area contributed by atoms with Crippen LogP contribution in [-0.4, -0.2) is 82.9 Å². The summed E-state index contributed by atoms with van der Waals surface area (Å²) in [7, 11) is 1.51. The molecular weight excluding hydrogens is 464 g/mol. The van der Waals surface area contributed by atoms with Crippen molar-refractivity contribution in [3.8, 4) is 23.3 Å². The van der Waals surface area contributed by atoms with Crippen molar-refractivity contribution in [2.24, 2.45) is 0 Å². The van der Waals surface area contributed by atoms with Crippen molar-refractivity contribution in [3.63, 3.8) is 0 Å². The number of methoxy groups -OCH3 is 1. The van der Waals surface area contributed by atoms with Crippen molar-refractivity contribution < 1.29 is 19.0 Å². The molecule has 3 aromatic rings. The molecule has 192 valence electrons. The number of amides is 1. The van der Waals surface area contributed by atoms with Crippen LogP contribution >= 0.6 is 0 Å². The molecule has 0 aliphatic carbocycles. The van der Waals surface area contributed by atoms with Crippen molar-refractivity contribution in [2.75, 3.05) is 46.6 Å². The van der Waals surface area contributed by atoms with Crippen LogP contribution in [0, 0.1) is 0 Å². The summed E-state index contributed by atoms with van der Waals surface area (Å²) >= 11 is 0. The molecule has 0 spiro atoms. The van der Waals surface area contributed by atoms with Gasteiger partial charge in [0, 0.05) is 37.8 Å². The molecular formula is C25H32N6O5. The number of hydrogen-bond donors (Lipinski definition) is 1. The SMILES string of the molecule is COc1cccc(-c2nc3ccc(OCCCN4CCOCC4)nc3c(=O)n2CC(=O)NC(C)C)n1. The van der Waals surface area contributed by atoms with Crippen LogP contribution in [0.3, 0.4) is 0 Å². The predicted octanol–water partition coefficient (Wildman–Crippen LogP) is 1.49. The van der Waals surface area contributed by atoms with Gasteiger partial charge in [-0.05, 0) is 32.4 Å². The summed E-state index contributed by atoms with van der Waals surface area (Å²) < 4.78 is 17.7. The van der Waals surface area contributed by atoms with E-state index in [4.69, 9.17) is 14.2 Å². The third kappa shape index (κ3) is 6.35. The van der Waals surface area contributed by atoms with Crippen LogP contribution in [0.25, 0.3) is 22.6 Å². The fourth-order valence-corrected chi connectivity index (χ4v) is 3.96. The maximum Gasteiger partial charge on any atom is 0.280 e. The second kappa shape index (κ2) is 11.9. The van der Waals surface area contributed by atoms with E-state index < -0.39 is 5.56 Å². The highest BCUT2D eigenvalue weighted by Gasteiger charge is 2.19. The number of morpholine rings is 1. The number of ether oxygens (including phenoxy) is 3. The molecule has 11 nitrogen and oxygen atoms in total. The number of hydrogen-bond acceptors (Lipinski definition) is 9. The molecule has 1 amide bonds. The van der Waals surface area contributed by atoms with Gasteiger partial charge in [-0.2, -0.15) is 0 Å². The number of aromatic nitrogens is 4. The summed E-state index contributed by atoms with van der Waals surface area (Å²) in [6.07, 6.45) is 0.831. The van der Waals surface area contributed by atoms with Crippen LogP contribution in [0.4, 0.5) is 0 Å². The maximum absolute atomic E-state index is 13.5. The van der Waals surface area contributed by atoms with Crippen LogP contribution < -0.4 is 20.3 Å². The Morgan fingerprint density at radius 1 is 1.11 bits per heavy atom. The number of nitrogens with one attached hydrogen (secondary N) is 1. The summed E-state index contributed by atoms with van der Waals surface area (Å²) in [5.74, 6) is 0.659. The maximum atomic E-state index is 13.5. The van der Waals surface area contributed by atoms with Gasteiger partial charge < -0.3 is 19.5 Å². The quantitative estimate of drug-likeness (QED) is 0.416. The Labute approximate surface area is 209 Å². The molecule has 36 heavy (non-hydrogen) atoms. The molecule has 3 aromatic heterocycles. The molecule has 0 saturated carbocycles. The Morgan fingerprint density at radius 3 is 2.67 bits per heavy atom. The molecule has 1 N–H and O–H groups in total. The van der Waals surface area contributed by atoms with Crippen molar-refractivity contribution in [1.82, 2.24) is 29.7 Å². The van der Waals surface area contributed by atoms with E-state index in [1.807, 2.05) is 13.8 Å². The summed E-state index contributed by atoms with van der Waals surface area (Å²) in [6, 6.07) is 8.48. The number of carbonyl (C=O) groups is 1. The molecule has 1 aliphatic heterocycles. The highest BCUT2D eigenvalue weighted by atomic mass is 16.5. The van der Waals surface area contributed by atoms with Gasteiger partial charge in [0.1, 0.15) is 12.2 Å². The zero-order valence-corrected chi connectivity index (χ0v) is 20.9. The average molecular weight is 497 g/mol. The van der Waals surface area contributed by atoms with E-state index in [0.29, 0.717) is 29.6 Å². The fraction of sp³-hybridized carbons (Fsp3) is 0.480. The summed E-state index contributed by atoms with van der Waals surface area (Å²) in [5, 5.41) is 2.81. The lowest BCUT2D eigenvalue weighted by Crippen LogP contribution is -2.37. The smallest absolute Gasteiger partial charge is 0.280 e. The summed E-state index contributed by atoms with van der Waals surface area (Å²) in [6.45, 7) is 8.24. The molecule has 1 fully saturated rings. The third-order valence-electron chi connectivity index (χ3n) is 5.66. The molecule has 11 heteroatoms. The first-order valence-electron chi connectivity index (χ1n) is 12.1. The summed E-state index contributed by atoms with van der Waals surface area (Å²) in [4.78, 5) is 41.9. The number of pyridine rings is 2. The van der Waals surface area contributed by atoms with Gasteiger partial charge >= 0.3 is 0 Å². The number of fused-ring (bicyclic) bond motifs is 1. The van der Waals surface area contributed by atoms with E-state index in [1.165, 1.54) is 11.7 Å². The van der Waals surface area contributed by atoms with E-state index in [0.717, 1.165) is 39.3 Å². The minimum absolute atomic E-state index is 0.0735. The molecule has 4 rings (SSSR count). The molecule has 4 heterocycles. The number of rotatable bonds is 10. The second-order valence-corrected chi connectivity index (χ2v) is 8.79. The molecule has 0 bridgehead atoms. The van der Waals surface area contributed by atoms with Crippen LogP contribution in [-0.2, 0) is 16.1 Å². The molecule has 0 atom stereocenters. The topological polar surface area (TPSA) is 121 Å². The Bertz CT molecular complexity index is 1260. The van der Waals surface area contributed by atoms with E-state index >= 15 is 0 Å². The van der Waals surface area contributed by atoms with Crippen molar-refractivity contribution in [3.05, 3.63) is 40.7 Å². The monoisotopic (exact) mass is 496 g/mol. The van der Waals surface area contributed by atoms with Gasteiger partial charge in [-0.3, -0.25) is 19.1 Å². The highest BCUT2D eigenvalue weighted by molar-refractivity contribution is 5.79. The van der Waals surface area contributed by atoms with E-state index in [9.17, 15) is 9.59 Å². The predicted molar refractivity (Wildman–Crippen MR) is 134 cm³/mol. The number of nitrogens with zero attached hydrogens (tertiary/aromatic N) is 5. The van der Waals surface area contributed by atoms with E-state index in [-0.39, 0.29) is 29.8 Å². The van der Waals surface area contributed by atoms with Crippen LogP contribution in [0.5, 0.6) is 11.8 Å². The molecule has 0 aromatic carbocycles. The van der Waals surface area contributed by atoms with Crippen molar-refractivity contribution in [2.45, 2.75) is 32.9 Å². The zero-order chi connectivity index (χ0) is 25.5. The second-order valence-electron chi connectivity index (χ2n) is 8.79. The Hall–Kier alpha value is -3.57. The lowest BCUT2D eigenvalue weighted by atomic mass is 10.2. The normalized spacial score (nSPS) is 14.2. The Morgan fingerprint density at radius 2 is 1.92 bits per heavy atom. The van der Waals surface area contributed by atoms with Gasteiger partial charge in [-0.1, -0.05) is 6.07 Å². The van der Waals surface area contributed by atoms with Gasteiger partial charge in [0.2, 0.25) is 17.7 Å². The lowest BCUT2D eigenvalue weighted by Gasteiger charge is -2.26. The fourth-order valence-electron chi connectivity index (χ4n) is 3.96. The number of carbonyl (C=O) groups excluding carboxylic acids is 1. The largest absolute Gasteiger partial charge is 0.481 e. The first-order valence-corrected chi connectivity index (χ1v) is 12.1. The molecule has 0 unspecified atom stereocenters. The van der Waals surface area contributed by atoms with Crippen molar-refractivity contribution >= 4 is 16.9 Å². The standard InChI is InChI=1S/C25H32N6O5/c1-17(2)26-20(32)16-31-24(19-6-4-7-21(27-19)34-3)28-18-8-9-22(29-23(18)25(31)33)36-13-5-10-30-11-14-35-15-12-30/h4,6-9,17H,5,10-16H2,1-3H3,(H,26,32). The molecule has 1 saturated heterocycles. The van der Waals surface area contributed by atoms with Gasteiger partial charge in [0.05, 0.1) is 32.4 Å². The minimum atomic E-state index is -0.447.